The third-order valence-electron chi connectivity index (χ3n) is 7.47. The van der Waals surface area contributed by atoms with Crippen LogP contribution < -0.4 is 10.6 Å². The molecule has 2 N–H and O–H groups in total. The van der Waals surface area contributed by atoms with Gasteiger partial charge >= 0.3 is 0 Å². The lowest BCUT2D eigenvalue weighted by molar-refractivity contribution is -0.172. The van der Waals surface area contributed by atoms with E-state index in [0.717, 1.165) is 56.4 Å². The summed E-state index contributed by atoms with van der Waals surface area (Å²) in [6, 6.07) is 10.1. The number of rotatable bonds is 9. The van der Waals surface area contributed by atoms with Gasteiger partial charge in [0.15, 0.2) is 5.78 Å². The summed E-state index contributed by atoms with van der Waals surface area (Å²) in [7, 11) is 0. The Labute approximate surface area is 202 Å². The van der Waals surface area contributed by atoms with E-state index >= 15 is 0 Å². The van der Waals surface area contributed by atoms with Crippen molar-refractivity contribution in [3.8, 4) is 11.1 Å². The fourth-order valence-corrected chi connectivity index (χ4v) is 4.95. The number of hydrogen-bond acceptors (Lipinski definition) is 5. The number of benzene rings is 1. The van der Waals surface area contributed by atoms with Gasteiger partial charge in [0.1, 0.15) is 5.69 Å². The summed E-state index contributed by atoms with van der Waals surface area (Å²) in [5.74, 6) is -0.466. The molecule has 1 saturated carbocycles. The molecule has 2 saturated heterocycles. The van der Waals surface area contributed by atoms with Crippen molar-refractivity contribution in [1.29, 1.82) is 0 Å². The predicted octanol–water partition coefficient (Wildman–Crippen LogP) is 5.03. The fourth-order valence-electron chi connectivity index (χ4n) is 4.95. The molecule has 1 aliphatic carbocycles. The maximum Gasteiger partial charge on any atom is 0.238 e. The largest absolute Gasteiger partial charge is 0.375 e. The van der Waals surface area contributed by atoms with Crippen molar-refractivity contribution < 1.29 is 14.3 Å². The smallest absolute Gasteiger partial charge is 0.238 e. The first-order valence-corrected chi connectivity index (χ1v) is 12.5. The number of amides is 1. The Balaban J connectivity index is 1.46. The van der Waals surface area contributed by atoms with E-state index < -0.39 is 0 Å². The van der Waals surface area contributed by atoms with Crippen LogP contribution in [0.3, 0.4) is 0 Å². The monoisotopic (exact) mass is 463 g/mol. The van der Waals surface area contributed by atoms with E-state index in [4.69, 9.17) is 4.74 Å². The molecule has 3 heterocycles. The molecule has 34 heavy (non-hydrogen) atoms. The van der Waals surface area contributed by atoms with Gasteiger partial charge in [-0.1, -0.05) is 45.0 Å². The van der Waals surface area contributed by atoms with E-state index in [9.17, 15) is 9.59 Å². The van der Waals surface area contributed by atoms with Crippen LogP contribution in [0.4, 0.5) is 5.69 Å². The minimum absolute atomic E-state index is 0.0488. The summed E-state index contributed by atoms with van der Waals surface area (Å²) in [6.07, 6.45) is 7.09. The lowest BCUT2D eigenvalue weighted by atomic mass is 9.66. The van der Waals surface area contributed by atoms with Crippen molar-refractivity contribution in [2.75, 3.05) is 25.0 Å². The molecule has 0 atom stereocenters. The second-order valence-corrected chi connectivity index (χ2v) is 10.6. The van der Waals surface area contributed by atoms with Gasteiger partial charge in [-0.05, 0) is 56.2 Å². The zero-order valence-corrected chi connectivity index (χ0v) is 20.9. The molecule has 2 bridgehead atoms. The molecular weight excluding hydrogens is 426 g/mol. The Morgan fingerprint density at radius 3 is 2.53 bits per heavy atom. The average molecular weight is 464 g/mol. The number of aryl methyl sites for hydroxylation is 1. The average Bonchev–Trinajstić information content (AvgIpc) is 2.84. The highest BCUT2D eigenvalue weighted by Crippen LogP contribution is 2.48. The first-order valence-electron chi connectivity index (χ1n) is 12.5. The van der Waals surface area contributed by atoms with Crippen LogP contribution in [0.15, 0.2) is 36.5 Å². The standard InChI is InChI=1S/C28H37N3O3/c1-5-20-7-6-8-21(13-20)22-14-23(25(30-15-22)26(33)19(2)3)31-24(32)16-29-17-28-11-9-27(4,10-12-28)34-18-28/h6-8,13-15,19,29H,5,9-12,16-18H2,1-4H3,(H,31,32). The molecule has 3 fully saturated rings. The van der Waals surface area contributed by atoms with Crippen molar-refractivity contribution in [3.63, 3.8) is 0 Å². The number of ketones is 1. The van der Waals surface area contributed by atoms with E-state index in [1.165, 1.54) is 5.56 Å². The lowest BCUT2D eigenvalue weighted by Crippen LogP contribution is -2.53. The van der Waals surface area contributed by atoms with Gasteiger partial charge in [-0.3, -0.25) is 14.6 Å². The Bertz CT molecular complexity index is 1040. The van der Waals surface area contributed by atoms with Crippen molar-refractivity contribution in [1.82, 2.24) is 10.3 Å². The van der Waals surface area contributed by atoms with Crippen LogP contribution in [-0.4, -0.2) is 42.0 Å². The maximum absolute atomic E-state index is 12.9. The summed E-state index contributed by atoms with van der Waals surface area (Å²) in [4.78, 5) is 30.1. The normalized spacial score (nSPS) is 23.8. The number of nitrogens with one attached hydrogen (secondary N) is 2. The number of nitrogens with zero attached hydrogens (tertiary/aromatic N) is 1. The van der Waals surface area contributed by atoms with Gasteiger partial charge in [0.2, 0.25) is 5.91 Å². The van der Waals surface area contributed by atoms with Crippen LogP contribution in [-0.2, 0) is 16.0 Å². The molecule has 0 unspecified atom stereocenters. The van der Waals surface area contributed by atoms with Gasteiger partial charge < -0.3 is 15.4 Å². The molecular formula is C28H37N3O3. The van der Waals surface area contributed by atoms with Crippen LogP contribution in [0, 0.1) is 11.3 Å². The van der Waals surface area contributed by atoms with Gasteiger partial charge in [0.25, 0.3) is 0 Å². The number of aromatic nitrogens is 1. The number of carbonyl (C=O) groups is 2. The molecule has 0 radical (unpaired) electrons. The SMILES string of the molecule is CCc1cccc(-c2cnc(C(=O)C(C)C)c(NC(=O)CNCC34CCC(C)(CC3)OC4)c2)c1. The van der Waals surface area contributed by atoms with Gasteiger partial charge in [0, 0.05) is 29.6 Å². The summed E-state index contributed by atoms with van der Waals surface area (Å²) < 4.78 is 6.07. The number of hydrogen-bond donors (Lipinski definition) is 2. The van der Waals surface area contributed by atoms with E-state index in [0.29, 0.717) is 11.4 Å². The van der Waals surface area contributed by atoms with Crippen molar-refractivity contribution in [3.05, 3.63) is 47.8 Å². The van der Waals surface area contributed by atoms with Crippen molar-refractivity contribution in [2.24, 2.45) is 11.3 Å². The second-order valence-electron chi connectivity index (χ2n) is 10.6. The van der Waals surface area contributed by atoms with E-state index in [1.54, 1.807) is 6.20 Å². The van der Waals surface area contributed by atoms with E-state index in [-0.39, 0.29) is 35.2 Å². The number of carbonyl (C=O) groups excluding carboxylic acids is 2. The molecule has 2 aliphatic heterocycles. The van der Waals surface area contributed by atoms with Crippen LogP contribution in [0.25, 0.3) is 11.1 Å². The second kappa shape index (κ2) is 9.96. The highest BCUT2D eigenvalue weighted by atomic mass is 16.5. The van der Waals surface area contributed by atoms with Crippen LogP contribution in [0.5, 0.6) is 0 Å². The quantitative estimate of drug-likeness (QED) is 0.510. The zero-order chi connectivity index (χ0) is 24.3. The van der Waals surface area contributed by atoms with Crippen LogP contribution >= 0.6 is 0 Å². The first kappa shape index (κ1) is 24.6. The summed E-state index contributed by atoms with van der Waals surface area (Å²) >= 11 is 0. The molecule has 5 rings (SSSR count). The summed E-state index contributed by atoms with van der Waals surface area (Å²) in [5, 5.41) is 6.29. The molecule has 1 amide bonds. The minimum atomic E-state index is -0.210. The molecule has 0 spiro atoms. The highest BCUT2D eigenvalue weighted by molar-refractivity contribution is 6.05. The van der Waals surface area contributed by atoms with Crippen LogP contribution in [0.1, 0.15) is 69.4 Å². The number of ether oxygens (including phenoxy) is 1. The molecule has 3 aliphatic rings. The fraction of sp³-hybridized carbons (Fsp3) is 0.536. The van der Waals surface area contributed by atoms with Crippen LogP contribution in [0.2, 0.25) is 0 Å². The van der Waals surface area contributed by atoms with E-state index in [1.807, 2.05) is 32.0 Å². The molecule has 1 aromatic carbocycles. The number of fused-ring (bicyclic) bond motifs is 3. The third kappa shape index (κ3) is 5.39. The molecule has 6 heteroatoms. The molecule has 1 aromatic heterocycles. The maximum atomic E-state index is 12.9. The topological polar surface area (TPSA) is 80.3 Å². The predicted molar refractivity (Wildman–Crippen MR) is 135 cm³/mol. The Morgan fingerprint density at radius 1 is 1.12 bits per heavy atom. The number of pyridine rings is 1. The first-order chi connectivity index (χ1) is 16.2. The summed E-state index contributed by atoms with van der Waals surface area (Å²) in [6.45, 7) is 9.71. The third-order valence-corrected chi connectivity index (χ3v) is 7.47. The molecule has 182 valence electrons. The Kier molecular flexibility index (Phi) is 7.20. The van der Waals surface area contributed by atoms with E-state index in [2.05, 4.69) is 41.6 Å². The molecule has 6 nitrogen and oxygen atoms in total. The minimum Gasteiger partial charge on any atom is -0.375 e. The van der Waals surface area contributed by atoms with Gasteiger partial charge in [-0.2, -0.15) is 0 Å². The highest BCUT2D eigenvalue weighted by Gasteiger charge is 2.46. The number of anilines is 1. The summed E-state index contributed by atoms with van der Waals surface area (Å²) in [5.41, 5.74) is 4.08. The zero-order valence-electron chi connectivity index (χ0n) is 20.9. The van der Waals surface area contributed by atoms with Gasteiger partial charge in [0.05, 0.1) is 24.4 Å². The van der Waals surface area contributed by atoms with Crippen molar-refractivity contribution >= 4 is 17.4 Å². The van der Waals surface area contributed by atoms with Crippen molar-refractivity contribution in [2.45, 2.75) is 65.4 Å². The Morgan fingerprint density at radius 2 is 1.88 bits per heavy atom. The number of Topliss-reactive ketones (excluding diaryl/α,β-unsaturated/α-hetero) is 1. The molecule has 2 aromatic rings. The van der Waals surface area contributed by atoms with Gasteiger partial charge in [-0.15, -0.1) is 0 Å². The van der Waals surface area contributed by atoms with Gasteiger partial charge in [-0.25, -0.2) is 0 Å². The lowest BCUT2D eigenvalue weighted by Gasteiger charge is -2.52. The Hall–Kier alpha value is -2.57.